The van der Waals surface area contributed by atoms with Crippen molar-refractivity contribution in [2.24, 2.45) is 0 Å². The second kappa shape index (κ2) is 4.76. The summed E-state index contributed by atoms with van der Waals surface area (Å²) in [6, 6.07) is 0. The van der Waals surface area contributed by atoms with Gasteiger partial charge in [0, 0.05) is 25.0 Å². The van der Waals surface area contributed by atoms with Crippen molar-refractivity contribution in [3.05, 3.63) is 0 Å². The molecule has 0 saturated carbocycles. The first kappa shape index (κ1) is 11.5. The average Bonchev–Trinajstić information content (AvgIpc) is 2.48. The maximum Gasteiger partial charge on any atom is 0.0634 e. The highest BCUT2D eigenvalue weighted by Crippen LogP contribution is 2.19. The molecule has 0 aromatic carbocycles. The number of alkyl halides is 1. The SMILES string of the molecule is COC(C)(C)CCN1CCC(Br)C1. The normalized spacial score (nSPS) is 25.4. The lowest BCUT2D eigenvalue weighted by Crippen LogP contribution is -2.31. The van der Waals surface area contributed by atoms with Crippen LogP contribution in [0.15, 0.2) is 0 Å². The monoisotopic (exact) mass is 249 g/mol. The minimum atomic E-state index is 0.0321. The maximum absolute atomic E-state index is 5.39. The molecule has 0 spiro atoms. The Hall–Kier alpha value is 0.400. The summed E-state index contributed by atoms with van der Waals surface area (Å²) in [6.45, 7) is 7.88. The van der Waals surface area contributed by atoms with Crippen LogP contribution in [0.4, 0.5) is 0 Å². The largest absolute Gasteiger partial charge is 0.379 e. The highest BCUT2D eigenvalue weighted by molar-refractivity contribution is 9.09. The number of nitrogens with zero attached hydrogens (tertiary/aromatic N) is 1. The van der Waals surface area contributed by atoms with Gasteiger partial charge in [0.2, 0.25) is 0 Å². The second-order valence-corrected chi connectivity index (χ2v) is 5.70. The van der Waals surface area contributed by atoms with Crippen LogP contribution in [0.1, 0.15) is 26.7 Å². The van der Waals surface area contributed by atoms with Gasteiger partial charge in [-0.05, 0) is 33.2 Å². The topological polar surface area (TPSA) is 12.5 Å². The summed E-state index contributed by atoms with van der Waals surface area (Å²) in [4.78, 5) is 3.21. The zero-order chi connectivity index (χ0) is 9.90. The van der Waals surface area contributed by atoms with Crippen LogP contribution in [0.2, 0.25) is 0 Å². The van der Waals surface area contributed by atoms with E-state index < -0.39 is 0 Å². The third-order valence-corrected chi connectivity index (χ3v) is 3.54. The van der Waals surface area contributed by atoms with Gasteiger partial charge in [0.1, 0.15) is 0 Å². The number of hydrogen-bond acceptors (Lipinski definition) is 2. The van der Waals surface area contributed by atoms with Crippen LogP contribution in [0.25, 0.3) is 0 Å². The zero-order valence-corrected chi connectivity index (χ0v) is 10.4. The summed E-state index contributed by atoms with van der Waals surface area (Å²) >= 11 is 3.64. The molecule has 0 bridgehead atoms. The van der Waals surface area contributed by atoms with Crippen molar-refractivity contribution in [2.75, 3.05) is 26.7 Å². The van der Waals surface area contributed by atoms with Crippen molar-refractivity contribution >= 4 is 15.9 Å². The number of halogens is 1. The molecule has 1 unspecified atom stereocenters. The van der Waals surface area contributed by atoms with Crippen LogP contribution in [-0.4, -0.2) is 42.1 Å². The molecule has 3 heteroatoms. The Labute approximate surface area is 89.8 Å². The molecule has 1 heterocycles. The maximum atomic E-state index is 5.39. The lowest BCUT2D eigenvalue weighted by atomic mass is 10.1. The fourth-order valence-corrected chi connectivity index (χ4v) is 2.13. The summed E-state index contributed by atoms with van der Waals surface area (Å²) in [7, 11) is 1.79. The average molecular weight is 250 g/mol. The number of methoxy groups -OCH3 is 1. The molecule has 13 heavy (non-hydrogen) atoms. The van der Waals surface area contributed by atoms with Crippen LogP contribution in [-0.2, 0) is 4.74 Å². The highest BCUT2D eigenvalue weighted by Gasteiger charge is 2.23. The van der Waals surface area contributed by atoms with E-state index in [0.29, 0.717) is 4.83 Å². The molecule has 1 aliphatic heterocycles. The Morgan fingerprint density at radius 2 is 2.23 bits per heavy atom. The molecule has 1 saturated heterocycles. The Morgan fingerprint density at radius 1 is 1.54 bits per heavy atom. The van der Waals surface area contributed by atoms with Crippen molar-refractivity contribution < 1.29 is 4.74 Å². The lowest BCUT2D eigenvalue weighted by molar-refractivity contribution is 0.00904. The Balaban J connectivity index is 2.19. The second-order valence-electron chi connectivity index (χ2n) is 4.40. The van der Waals surface area contributed by atoms with E-state index in [4.69, 9.17) is 4.74 Å². The molecular weight excluding hydrogens is 230 g/mol. The fourth-order valence-electron chi connectivity index (χ4n) is 1.52. The van der Waals surface area contributed by atoms with Crippen molar-refractivity contribution in [2.45, 2.75) is 37.1 Å². The summed E-state index contributed by atoms with van der Waals surface area (Å²) < 4.78 is 5.39. The third-order valence-electron chi connectivity index (χ3n) is 2.80. The minimum absolute atomic E-state index is 0.0321. The van der Waals surface area contributed by atoms with E-state index in [0.717, 1.165) is 13.0 Å². The highest BCUT2D eigenvalue weighted by atomic mass is 79.9. The third kappa shape index (κ3) is 3.96. The zero-order valence-electron chi connectivity index (χ0n) is 8.85. The number of likely N-dealkylation sites (tertiary alicyclic amines) is 1. The van der Waals surface area contributed by atoms with Crippen molar-refractivity contribution in [3.8, 4) is 0 Å². The minimum Gasteiger partial charge on any atom is -0.379 e. The predicted octanol–water partition coefficient (Wildman–Crippen LogP) is 2.27. The van der Waals surface area contributed by atoms with Gasteiger partial charge in [0.15, 0.2) is 0 Å². The molecule has 1 aliphatic rings. The van der Waals surface area contributed by atoms with Crippen LogP contribution in [0.3, 0.4) is 0 Å². The van der Waals surface area contributed by atoms with Crippen molar-refractivity contribution in [1.82, 2.24) is 4.90 Å². The molecule has 0 radical (unpaired) electrons. The molecule has 1 atom stereocenters. The first-order valence-electron chi connectivity index (χ1n) is 4.95. The van der Waals surface area contributed by atoms with Gasteiger partial charge in [-0.2, -0.15) is 0 Å². The number of rotatable bonds is 4. The predicted molar refractivity (Wildman–Crippen MR) is 59.5 cm³/mol. The van der Waals surface area contributed by atoms with E-state index in [2.05, 4.69) is 34.7 Å². The molecule has 1 fully saturated rings. The summed E-state index contributed by atoms with van der Waals surface area (Å²) in [5.41, 5.74) is 0.0321. The standard InChI is InChI=1S/C10H20BrNO/c1-10(2,13-3)5-7-12-6-4-9(11)8-12/h9H,4-8H2,1-3H3. The van der Waals surface area contributed by atoms with Crippen molar-refractivity contribution in [3.63, 3.8) is 0 Å². The Morgan fingerprint density at radius 3 is 2.69 bits per heavy atom. The molecular formula is C10H20BrNO. The Bertz CT molecular complexity index is 161. The van der Waals surface area contributed by atoms with Crippen LogP contribution in [0.5, 0.6) is 0 Å². The molecule has 0 aromatic heterocycles. The summed E-state index contributed by atoms with van der Waals surface area (Å²) in [6.07, 6.45) is 2.40. The first-order chi connectivity index (χ1) is 6.03. The van der Waals surface area contributed by atoms with E-state index in [1.807, 2.05) is 0 Å². The molecule has 0 aromatic rings. The van der Waals surface area contributed by atoms with Gasteiger partial charge in [-0.25, -0.2) is 0 Å². The lowest BCUT2D eigenvalue weighted by Gasteiger charge is -2.25. The molecule has 0 N–H and O–H groups in total. The van der Waals surface area contributed by atoms with Gasteiger partial charge in [-0.1, -0.05) is 15.9 Å². The van der Waals surface area contributed by atoms with Gasteiger partial charge >= 0.3 is 0 Å². The van der Waals surface area contributed by atoms with Gasteiger partial charge in [-0.15, -0.1) is 0 Å². The molecule has 78 valence electrons. The quantitative estimate of drug-likeness (QED) is 0.710. The van der Waals surface area contributed by atoms with Crippen LogP contribution in [0, 0.1) is 0 Å². The first-order valence-corrected chi connectivity index (χ1v) is 5.86. The summed E-state index contributed by atoms with van der Waals surface area (Å²) in [5.74, 6) is 0. The number of hydrogen-bond donors (Lipinski definition) is 0. The van der Waals surface area contributed by atoms with Gasteiger partial charge in [0.05, 0.1) is 5.60 Å². The summed E-state index contributed by atoms with van der Waals surface area (Å²) in [5, 5.41) is 0. The van der Waals surface area contributed by atoms with E-state index in [-0.39, 0.29) is 5.60 Å². The van der Waals surface area contributed by atoms with Gasteiger partial charge in [-0.3, -0.25) is 0 Å². The Kier molecular flexibility index (Phi) is 4.20. The molecule has 1 rings (SSSR count). The fraction of sp³-hybridized carbons (Fsp3) is 1.00. The van der Waals surface area contributed by atoms with Crippen molar-refractivity contribution in [1.29, 1.82) is 0 Å². The van der Waals surface area contributed by atoms with E-state index in [1.54, 1.807) is 7.11 Å². The molecule has 2 nitrogen and oxygen atoms in total. The molecule has 0 amide bonds. The smallest absolute Gasteiger partial charge is 0.0634 e. The van der Waals surface area contributed by atoms with E-state index in [1.165, 1.54) is 19.5 Å². The van der Waals surface area contributed by atoms with E-state index >= 15 is 0 Å². The van der Waals surface area contributed by atoms with Gasteiger partial charge in [0.25, 0.3) is 0 Å². The number of ether oxygens (including phenoxy) is 1. The molecule has 0 aliphatic carbocycles. The van der Waals surface area contributed by atoms with E-state index in [9.17, 15) is 0 Å². The van der Waals surface area contributed by atoms with Gasteiger partial charge < -0.3 is 9.64 Å². The van der Waals surface area contributed by atoms with Crippen LogP contribution < -0.4 is 0 Å². The van der Waals surface area contributed by atoms with Crippen LogP contribution >= 0.6 is 15.9 Å².